The lowest BCUT2D eigenvalue weighted by Gasteiger charge is -2.33. The van der Waals surface area contributed by atoms with E-state index in [-0.39, 0.29) is 16.9 Å². The van der Waals surface area contributed by atoms with Gasteiger partial charge in [0.2, 0.25) is 0 Å². The molecule has 1 aliphatic rings. The molecule has 1 aliphatic heterocycles. The van der Waals surface area contributed by atoms with Crippen LogP contribution in [-0.2, 0) is 15.3 Å². The Bertz CT molecular complexity index is 686. The lowest BCUT2D eigenvalue weighted by molar-refractivity contribution is 0.299. The molecule has 0 amide bonds. The highest BCUT2D eigenvalue weighted by atomic mass is 32.2. The van der Waals surface area contributed by atoms with Crippen LogP contribution in [0.4, 0.5) is 0 Å². The van der Waals surface area contributed by atoms with E-state index in [1.165, 1.54) is 5.56 Å². The molecule has 1 heterocycles. The molecule has 1 fully saturated rings. The number of benzene rings is 1. The van der Waals surface area contributed by atoms with Gasteiger partial charge in [-0.3, -0.25) is 9.89 Å². The zero-order valence-corrected chi connectivity index (χ0v) is 17.7. The lowest BCUT2D eigenvalue weighted by Crippen LogP contribution is -2.48. The largest absolute Gasteiger partial charge is 0.356 e. The molecule has 0 bridgehead atoms. The summed E-state index contributed by atoms with van der Waals surface area (Å²) in [5.41, 5.74) is 1.44. The van der Waals surface area contributed by atoms with E-state index in [1.54, 1.807) is 7.05 Å². The molecule has 152 valence electrons. The van der Waals surface area contributed by atoms with Crippen LogP contribution in [0.2, 0.25) is 0 Å². The van der Waals surface area contributed by atoms with E-state index in [0.29, 0.717) is 13.1 Å². The van der Waals surface area contributed by atoms with Crippen LogP contribution in [-0.4, -0.2) is 70.6 Å². The van der Waals surface area contributed by atoms with Crippen LogP contribution >= 0.6 is 0 Å². The monoisotopic (exact) mass is 394 g/mol. The van der Waals surface area contributed by atoms with E-state index in [4.69, 9.17) is 0 Å². The summed E-state index contributed by atoms with van der Waals surface area (Å²) in [6, 6.07) is 10.7. The minimum atomic E-state index is -2.82. The van der Waals surface area contributed by atoms with E-state index in [9.17, 15) is 8.42 Å². The van der Waals surface area contributed by atoms with Crippen LogP contribution in [0.15, 0.2) is 35.3 Å². The molecule has 0 saturated carbocycles. The summed E-state index contributed by atoms with van der Waals surface area (Å²) in [6.07, 6.45) is 2.11. The van der Waals surface area contributed by atoms with Crippen molar-refractivity contribution in [3.63, 3.8) is 0 Å². The van der Waals surface area contributed by atoms with Gasteiger partial charge in [-0.1, -0.05) is 44.2 Å². The van der Waals surface area contributed by atoms with Crippen molar-refractivity contribution < 1.29 is 8.42 Å². The number of nitrogens with zero attached hydrogens (tertiary/aromatic N) is 2. The van der Waals surface area contributed by atoms with Crippen molar-refractivity contribution in [3.05, 3.63) is 35.9 Å². The van der Waals surface area contributed by atoms with Gasteiger partial charge in [-0.25, -0.2) is 8.42 Å². The van der Waals surface area contributed by atoms with Gasteiger partial charge in [-0.05, 0) is 18.4 Å². The molecule has 0 spiro atoms. The molecule has 27 heavy (non-hydrogen) atoms. The highest BCUT2D eigenvalue weighted by Crippen LogP contribution is 2.30. The molecule has 0 aromatic heterocycles. The Kier molecular flexibility index (Phi) is 8.10. The Morgan fingerprint density at radius 1 is 1.11 bits per heavy atom. The SMILES string of the molecule is CCC(CC)(CNC(=NC)NCCN1CCS(=O)(=O)CC1)c1ccccc1. The molecule has 1 aromatic rings. The van der Waals surface area contributed by atoms with Gasteiger partial charge >= 0.3 is 0 Å². The van der Waals surface area contributed by atoms with Crippen molar-refractivity contribution in [1.29, 1.82) is 0 Å². The van der Waals surface area contributed by atoms with Crippen molar-refractivity contribution in [2.24, 2.45) is 4.99 Å². The molecule has 2 N–H and O–H groups in total. The maximum Gasteiger partial charge on any atom is 0.191 e. The minimum absolute atomic E-state index is 0.0834. The minimum Gasteiger partial charge on any atom is -0.356 e. The molecule has 2 rings (SSSR count). The second-order valence-electron chi connectivity index (χ2n) is 7.20. The van der Waals surface area contributed by atoms with Gasteiger partial charge < -0.3 is 10.6 Å². The molecule has 6 nitrogen and oxygen atoms in total. The first-order chi connectivity index (χ1) is 12.9. The Hall–Kier alpha value is -1.60. The molecule has 0 unspecified atom stereocenters. The summed E-state index contributed by atoms with van der Waals surface area (Å²) in [4.78, 5) is 6.53. The van der Waals surface area contributed by atoms with Crippen molar-refractivity contribution >= 4 is 15.8 Å². The number of hydrogen-bond acceptors (Lipinski definition) is 4. The third-order valence-corrected chi connectivity index (χ3v) is 7.32. The summed E-state index contributed by atoms with van der Waals surface area (Å²) in [5, 5.41) is 6.84. The van der Waals surface area contributed by atoms with E-state index in [2.05, 4.69) is 64.7 Å². The molecular formula is C20H34N4O2S. The quantitative estimate of drug-likeness (QED) is 0.518. The maximum absolute atomic E-state index is 11.5. The van der Waals surface area contributed by atoms with Gasteiger partial charge in [-0.2, -0.15) is 0 Å². The van der Waals surface area contributed by atoms with Gasteiger partial charge in [0.05, 0.1) is 11.5 Å². The normalized spacial score (nSPS) is 18.3. The van der Waals surface area contributed by atoms with Gasteiger partial charge in [-0.15, -0.1) is 0 Å². The Labute approximate surface area is 164 Å². The number of nitrogens with one attached hydrogen (secondary N) is 2. The molecule has 0 atom stereocenters. The van der Waals surface area contributed by atoms with E-state index in [0.717, 1.165) is 38.4 Å². The third kappa shape index (κ3) is 6.21. The first kappa shape index (κ1) is 21.7. The topological polar surface area (TPSA) is 73.8 Å². The summed E-state index contributed by atoms with van der Waals surface area (Å²) in [7, 11) is -1.03. The van der Waals surface area contributed by atoms with E-state index >= 15 is 0 Å². The van der Waals surface area contributed by atoms with Crippen LogP contribution in [0.5, 0.6) is 0 Å². The number of guanidine groups is 1. The van der Waals surface area contributed by atoms with Crippen molar-refractivity contribution in [2.75, 3.05) is 51.3 Å². The fourth-order valence-corrected chi connectivity index (χ4v) is 4.86. The Morgan fingerprint density at radius 2 is 1.74 bits per heavy atom. The fourth-order valence-electron chi connectivity index (χ4n) is 3.58. The van der Waals surface area contributed by atoms with Gasteiger partial charge in [0.1, 0.15) is 0 Å². The highest BCUT2D eigenvalue weighted by Gasteiger charge is 2.28. The summed E-state index contributed by atoms with van der Waals surface area (Å²) < 4.78 is 23.0. The van der Waals surface area contributed by atoms with Gasteiger partial charge in [0, 0.05) is 45.2 Å². The van der Waals surface area contributed by atoms with Crippen molar-refractivity contribution in [3.8, 4) is 0 Å². The standard InChI is InChI=1S/C20H34N4O2S/c1-4-20(5-2,18-9-7-6-8-10-18)17-23-19(21-3)22-11-12-24-13-15-27(25,26)16-14-24/h6-10H,4-5,11-17H2,1-3H3,(H2,21,22,23). The molecular weight excluding hydrogens is 360 g/mol. The zero-order valence-electron chi connectivity index (χ0n) is 16.9. The summed E-state index contributed by atoms with van der Waals surface area (Å²) in [5.74, 6) is 1.33. The second kappa shape index (κ2) is 10.1. The number of aliphatic imine (C=N–C) groups is 1. The maximum atomic E-state index is 11.5. The van der Waals surface area contributed by atoms with Crippen molar-refractivity contribution in [2.45, 2.75) is 32.1 Å². The molecule has 0 radical (unpaired) electrons. The van der Waals surface area contributed by atoms with Crippen LogP contribution in [0, 0.1) is 0 Å². The first-order valence-electron chi connectivity index (χ1n) is 9.87. The number of hydrogen-bond donors (Lipinski definition) is 2. The summed E-state index contributed by atoms with van der Waals surface area (Å²) in [6.45, 7) is 8.11. The smallest absolute Gasteiger partial charge is 0.191 e. The summed E-state index contributed by atoms with van der Waals surface area (Å²) >= 11 is 0. The molecule has 1 aromatic carbocycles. The predicted octanol–water partition coefficient (Wildman–Crippen LogP) is 1.64. The average Bonchev–Trinajstić information content (AvgIpc) is 2.69. The molecule has 0 aliphatic carbocycles. The molecule has 7 heteroatoms. The number of rotatable bonds is 8. The molecule has 1 saturated heterocycles. The third-order valence-electron chi connectivity index (χ3n) is 5.72. The van der Waals surface area contributed by atoms with Crippen LogP contribution in [0.3, 0.4) is 0 Å². The van der Waals surface area contributed by atoms with Gasteiger partial charge in [0.25, 0.3) is 0 Å². The van der Waals surface area contributed by atoms with Crippen LogP contribution < -0.4 is 10.6 Å². The highest BCUT2D eigenvalue weighted by molar-refractivity contribution is 7.91. The van der Waals surface area contributed by atoms with Crippen molar-refractivity contribution in [1.82, 2.24) is 15.5 Å². The zero-order chi connectivity index (χ0) is 19.8. The first-order valence-corrected chi connectivity index (χ1v) is 11.7. The fraction of sp³-hybridized carbons (Fsp3) is 0.650. The predicted molar refractivity (Wildman–Crippen MR) is 113 cm³/mol. The van der Waals surface area contributed by atoms with E-state index in [1.807, 2.05) is 0 Å². The van der Waals surface area contributed by atoms with Crippen LogP contribution in [0.25, 0.3) is 0 Å². The Balaban J connectivity index is 1.84. The lowest BCUT2D eigenvalue weighted by atomic mass is 9.76. The van der Waals surface area contributed by atoms with Gasteiger partial charge in [0.15, 0.2) is 15.8 Å². The second-order valence-corrected chi connectivity index (χ2v) is 9.50. The van der Waals surface area contributed by atoms with Crippen LogP contribution in [0.1, 0.15) is 32.3 Å². The number of sulfone groups is 1. The average molecular weight is 395 g/mol. The Morgan fingerprint density at radius 3 is 2.30 bits per heavy atom. The van der Waals surface area contributed by atoms with E-state index < -0.39 is 9.84 Å².